The van der Waals surface area contributed by atoms with Crippen molar-refractivity contribution >= 4 is 5.84 Å². The van der Waals surface area contributed by atoms with Gasteiger partial charge in [0.1, 0.15) is 5.84 Å². The van der Waals surface area contributed by atoms with E-state index in [2.05, 4.69) is 98.9 Å². The highest BCUT2D eigenvalue weighted by molar-refractivity contribution is 5.99. The zero-order chi connectivity index (χ0) is 18.4. The van der Waals surface area contributed by atoms with Crippen LogP contribution in [0, 0.1) is 6.92 Å². The molecule has 0 aliphatic heterocycles. The number of nitrogens with zero attached hydrogens (tertiary/aromatic N) is 1. The zero-order valence-electron chi connectivity index (χ0n) is 15.7. The van der Waals surface area contributed by atoms with Crippen molar-refractivity contribution in [1.29, 1.82) is 0 Å². The third kappa shape index (κ3) is 4.60. The second kappa shape index (κ2) is 8.48. The van der Waals surface area contributed by atoms with E-state index in [1.807, 2.05) is 12.1 Å². The van der Waals surface area contributed by atoms with E-state index in [0.717, 1.165) is 11.4 Å². The molecule has 2 heteroatoms. The highest BCUT2D eigenvalue weighted by Gasteiger charge is 2.12. The molecule has 0 aliphatic carbocycles. The van der Waals surface area contributed by atoms with Gasteiger partial charge in [0.25, 0.3) is 0 Å². The number of hydrogen-bond acceptors (Lipinski definition) is 1. The molecule has 0 saturated heterocycles. The number of benzene rings is 3. The Kier molecular flexibility index (Phi) is 5.85. The van der Waals surface area contributed by atoms with Crippen molar-refractivity contribution in [3.63, 3.8) is 0 Å². The van der Waals surface area contributed by atoms with Crippen LogP contribution in [0.25, 0.3) is 0 Å². The Morgan fingerprint density at radius 2 is 1.31 bits per heavy atom. The second-order valence-electron chi connectivity index (χ2n) is 6.71. The Hall–Kier alpha value is -2.87. The van der Waals surface area contributed by atoms with Crippen molar-refractivity contribution in [3.05, 3.63) is 107 Å². The van der Waals surface area contributed by atoms with Gasteiger partial charge in [-0.05, 0) is 31.9 Å². The SMILES string of the molecule is Cc1ccc(C(C)NC(=NC(C)c2ccccc2)c2ccccc2)cc1. The lowest BCUT2D eigenvalue weighted by Crippen LogP contribution is -2.28. The molecule has 0 bridgehead atoms. The van der Waals surface area contributed by atoms with E-state index in [0.29, 0.717) is 0 Å². The van der Waals surface area contributed by atoms with Crippen LogP contribution in [0.15, 0.2) is 89.9 Å². The fourth-order valence-corrected chi connectivity index (χ4v) is 2.93. The van der Waals surface area contributed by atoms with Crippen LogP contribution in [0.2, 0.25) is 0 Å². The van der Waals surface area contributed by atoms with Gasteiger partial charge in [-0.3, -0.25) is 4.99 Å². The molecule has 2 atom stereocenters. The van der Waals surface area contributed by atoms with Gasteiger partial charge < -0.3 is 5.32 Å². The molecule has 0 fully saturated rings. The molecule has 26 heavy (non-hydrogen) atoms. The largest absolute Gasteiger partial charge is 0.363 e. The van der Waals surface area contributed by atoms with Gasteiger partial charge in [0, 0.05) is 11.6 Å². The van der Waals surface area contributed by atoms with Crippen LogP contribution in [0.4, 0.5) is 0 Å². The predicted molar refractivity (Wildman–Crippen MR) is 111 cm³/mol. The molecule has 2 nitrogen and oxygen atoms in total. The van der Waals surface area contributed by atoms with Gasteiger partial charge in [-0.2, -0.15) is 0 Å². The van der Waals surface area contributed by atoms with Crippen molar-refractivity contribution in [1.82, 2.24) is 5.32 Å². The van der Waals surface area contributed by atoms with Crippen LogP contribution in [0.1, 0.15) is 48.2 Å². The summed E-state index contributed by atoms with van der Waals surface area (Å²) in [4.78, 5) is 5.01. The van der Waals surface area contributed by atoms with Crippen molar-refractivity contribution in [2.24, 2.45) is 4.99 Å². The lowest BCUT2D eigenvalue weighted by molar-refractivity contribution is 0.703. The first-order valence-corrected chi connectivity index (χ1v) is 9.15. The van der Waals surface area contributed by atoms with Gasteiger partial charge >= 0.3 is 0 Å². The molecule has 3 rings (SSSR count). The Balaban J connectivity index is 1.88. The maximum atomic E-state index is 5.01. The molecule has 0 saturated carbocycles. The highest BCUT2D eigenvalue weighted by Crippen LogP contribution is 2.19. The summed E-state index contributed by atoms with van der Waals surface area (Å²) in [5.74, 6) is 0.926. The molecule has 2 unspecified atom stereocenters. The van der Waals surface area contributed by atoms with E-state index in [9.17, 15) is 0 Å². The molecule has 0 aromatic heterocycles. The lowest BCUT2D eigenvalue weighted by atomic mass is 10.1. The van der Waals surface area contributed by atoms with E-state index in [-0.39, 0.29) is 12.1 Å². The topological polar surface area (TPSA) is 24.4 Å². The van der Waals surface area contributed by atoms with E-state index >= 15 is 0 Å². The number of aryl methyl sites for hydroxylation is 1. The first-order chi connectivity index (χ1) is 12.6. The summed E-state index contributed by atoms with van der Waals surface area (Å²) in [5, 5.41) is 3.62. The summed E-state index contributed by atoms with van der Waals surface area (Å²) in [6.07, 6.45) is 0. The fraction of sp³-hybridized carbons (Fsp3) is 0.208. The van der Waals surface area contributed by atoms with Gasteiger partial charge in [0.2, 0.25) is 0 Å². The molecule has 0 spiro atoms. The standard InChI is InChI=1S/C24H26N2/c1-18-14-16-22(17-15-18)20(3)26-24(23-12-8-5-9-13-23)25-19(2)21-10-6-4-7-11-21/h4-17,19-20H,1-3H3,(H,25,26). The van der Waals surface area contributed by atoms with Crippen molar-refractivity contribution in [3.8, 4) is 0 Å². The van der Waals surface area contributed by atoms with Gasteiger partial charge in [0.05, 0.1) is 6.04 Å². The van der Waals surface area contributed by atoms with Gasteiger partial charge in [0.15, 0.2) is 0 Å². The van der Waals surface area contributed by atoms with E-state index < -0.39 is 0 Å². The molecule has 132 valence electrons. The summed E-state index contributed by atoms with van der Waals surface area (Å²) >= 11 is 0. The van der Waals surface area contributed by atoms with Crippen LogP contribution in [0.3, 0.4) is 0 Å². The van der Waals surface area contributed by atoms with Crippen LogP contribution < -0.4 is 5.32 Å². The summed E-state index contributed by atoms with van der Waals surface area (Å²) in [6, 6.07) is 29.7. The molecule has 3 aromatic carbocycles. The summed E-state index contributed by atoms with van der Waals surface area (Å²) in [5.41, 5.74) is 4.85. The fourth-order valence-electron chi connectivity index (χ4n) is 2.93. The van der Waals surface area contributed by atoms with Crippen molar-refractivity contribution in [2.45, 2.75) is 32.9 Å². The van der Waals surface area contributed by atoms with Gasteiger partial charge in [-0.25, -0.2) is 0 Å². The smallest absolute Gasteiger partial charge is 0.129 e. The predicted octanol–water partition coefficient (Wildman–Crippen LogP) is 5.85. The molecule has 0 aliphatic rings. The van der Waals surface area contributed by atoms with E-state index in [4.69, 9.17) is 4.99 Å². The second-order valence-corrected chi connectivity index (χ2v) is 6.71. The molecular formula is C24H26N2. The number of aliphatic imine (C=N–C) groups is 1. The highest BCUT2D eigenvalue weighted by atomic mass is 15.0. The summed E-state index contributed by atoms with van der Waals surface area (Å²) in [6.45, 7) is 6.42. The van der Waals surface area contributed by atoms with E-state index in [1.165, 1.54) is 16.7 Å². The van der Waals surface area contributed by atoms with Crippen LogP contribution in [-0.2, 0) is 0 Å². The minimum absolute atomic E-state index is 0.0872. The minimum Gasteiger partial charge on any atom is -0.363 e. The first-order valence-electron chi connectivity index (χ1n) is 9.15. The first kappa shape index (κ1) is 17.9. The Bertz CT molecular complexity index is 836. The third-order valence-corrected chi connectivity index (χ3v) is 4.58. The minimum atomic E-state index is 0.0872. The normalized spacial score (nSPS) is 13.9. The number of rotatable bonds is 5. The maximum absolute atomic E-state index is 5.01. The number of hydrogen-bond donors (Lipinski definition) is 1. The summed E-state index contributed by atoms with van der Waals surface area (Å²) in [7, 11) is 0. The Morgan fingerprint density at radius 3 is 1.92 bits per heavy atom. The van der Waals surface area contributed by atoms with Crippen molar-refractivity contribution < 1.29 is 0 Å². The zero-order valence-corrected chi connectivity index (χ0v) is 15.7. The summed E-state index contributed by atoms with van der Waals surface area (Å²) < 4.78 is 0. The van der Waals surface area contributed by atoms with Crippen LogP contribution in [0.5, 0.6) is 0 Å². The number of nitrogens with one attached hydrogen (secondary N) is 1. The Labute approximate surface area is 156 Å². The molecule has 1 N–H and O–H groups in total. The maximum Gasteiger partial charge on any atom is 0.129 e. The van der Waals surface area contributed by atoms with Crippen LogP contribution in [-0.4, -0.2) is 5.84 Å². The van der Waals surface area contributed by atoms with Gasteiger partial charge in [-0.1, -0.05) is 90.5 Å². The Morgan fingerprint density at radius 1 is 0.731 bits per heavy atom. The average molecular weight is 342 g/mol. The molecular weight excluding hydrogens is 316 g/mol. The van der Waals surface area contributed by atoms with Gasteiger partial charge in [-0.15, -0.1) is 0 Å². The molecule has 3 aromatic rings. The van der Waals surface area contributed by atoms with E-state index in [1.54, 1.807) is 0 Å². The number of amidine groups is 1. The molecule has 0 amide bonds. The molecule has 0 radical (unpaired) electrons. The molecule has 0 heterocycles. The lowest BCUT2D eigenvalue weighted by Gasteiger charge is -2.20. The monoisotopic (exact) mass is 342 g/mol. The van der Waals surface area contributed by atoms with Crippen LogP contribution >= 0.6 is 0 Å². The quantitative estimate of drug-likeness (QED) is 0.456. The van der Waals surface area contributed by atoms with Crippen molar-refractivity contribution in [2.75, 3.05) is 0 Å². The average Bonchev–Trinajstić information content (AvgIpc) is 2.69. The third-order valence-electron chi connectivity index (χ3n) is 4.58.